The molecule has 1 fully saturated rings. The van der Waals surface area contributed by atoms with Gasteiger partial charge in [0.1, 0.15) is 18.1 Å². The van der Waals surface area contributed by atoms with Crippen molar-refractivity contribution in [1.82, 2.24) is 14.4 Å². The van der Waals surface area contributed by atoms with Crippen molar-refractivity contribution in [3.63, 3.8) is 0 Å². The van der Waals surface area contributed by atoms with E-state index in [0.29, 0.717) is 24.4 Å². The summed E-state index contributed by atoms with van der Waals surface area (Å²) >= 11 is 0. The molecular weight excluding hydrogens is 481 g/mol. The standard InChI is InChI=1S/C31H38FN3O3/c1-23(2)34(31(37)25-13-17-29(38-3)18-14-25)22-30(36)35(27-8-5-4-6-9-27)21-28-10-7-19-33(28)20-24-11-15-26(32)16-12-24/h7,10-19,23,27H,4-6,8-9,20-22H2,1-3H3. The fourth-order valence-corrected chi connectivity index (χ4v) is 5.15. The van der Waals surface area contributed by atoms with Crippen LogP contribution in [0.2, 0.25) is 0 Å². The number of nitrogens with zero attached hydrogens (tertiary/aromatic N) is 3. The molecule has 1 saturated carbocycles. The van der Waals surface area contributed by atoms with Crippen LogP contribution in [-0.4, -0.2) is 51.9 Å². The Morgan fingerprint density at radius 2 is 1.68 bits per heavy atom. The maximum absolute atomic E-state index is 13.9. The van der Waals surface area contributed by atoms with Gasteiger partial charge < -0.3 is 19.1 Å². The molecule has 2 amide bonds. The lowest BCUT2D eigenvalue weighted by Crippen LogP contribution is -2.49. The normalized spacial score (nSPS) is 13.9. The molecule has 7 heteroatoms. The van der Waals surface area contributed by atoms with Gasteiger partial charge in [-0.05, 0) is 80.8 Å². The summed E-state index contributed by atoms with van der Waals surface area (Å²) in [5.74, 6) is 0.219. The lowest BCUT2D eigenvalue weighted by Gasteiger charge is -2.37. The molecule has 6 nitrogen and oxygen atoms in total. The van der Waals surface area contributed by atoms with Crippen LogP contribution >= 0.6 is 0 Å². The van der Waals surface area contributed by atoms with Crippen molar-refractivity contribution in [3.05, 3.63) is 89.5 Å². The van der Waals surface area contributed by atoms with E-state index in [1.54, 1.807) is 48.4 Å². The molecule has 1 aliphatic carbocycles. The average molecular weight is 520 g/mol. The minimum Gasteiger partial charge on any atom is -0.497 e. The first-order valence-electron chi connectivity index (χ1n) is 13.5. The Balaban J connectivity index is 1.54. The molecule has 1 aliphatic rings. The monoisotopic (exact) mass is 519 g/mol. The lowest BCUT2D eigenvalue weighted by atomic mass is 9.94. The van der Waals surface area contributed by atoms with E-state index in [-0.39, 0.29) is 36.3 Å². The van der Waals surface area contributed by atoms with Gasteiger partial charge in [0.2, 0.25) is 5.91 Å². The summed E-state index contributed by atoms with van der Waals surface area (Å²) in [5.41, 5.74) is 2.55. The number of hydrogen-bond acceptors (Lipinski definition) is 3. The number of benzene rings is 2. The second-order valence-corrected chi connectivity index (χ2v) is 10.3. The van der Waals surface area contributed by atoms with E-state index in [0.717, 1.165) is 36.9 Å². The largest absolute Gasteiger partial charge is 0.497 e. The van der Waals surface area contributed by atoms with Gasteiger partial charge in [-0.15, -0.1) is 0 Å². The summed E-state index contributed by atoms with van der Waals surface area (Å²) in [4.78, 5) is 30.9. The van der Waals surface area contributed by atoms with E-state index >= 15 is 0 Å². The maximum Gasteiger partial charge on any atom is 0.254 e. The molecule has 0 radical (unpaired) electrons. The molecule has 3 aromatic rings. The highest BCUT2D eigenvalue weighted by molar-refractivity contribution is 5.96. The molecule has 0 saturated heterocycles. The Kier molecular flexibility index (Phi) is 9.21. The zero-order valence-corrected chi connectivity index (χ0v) is 22.6. The third-order valence-electron chi connectivity index (χ3n) is 7.38. The van der Waals surface area contributed by atoms with Crippen LogP contribution in [0.4, 0.5) is 4.39 Å². The third kappa shape index (κ3) is 6.82. The molecule has 2 aromatic carbocycles. The molecule has 0 atom stereocenters. The Morgan fingerprint density at radius 1 is 1.00 bits per heavy atom. The van der Waals surface area contributed by atoms with Gasteiger partial charge in [-0.25, -0.2) is 4.39 Å². The SMILES string of the molecule is COc1ccc(C(=O)N(CC(=O)N(Cc2cccn2Cc2ccc(F)cc2)C2CCCCC2)C(C)C)cc1. The number of rotatable bonds is 10. The fourth-order valence-electron chi connectivity index (χ4n) is 5.15. The summed E-state index contributed by atoms with van der Waals surface area (Å²) in [5, 5.41) is 0. The van der Waals surface area contributed by atoms with Crippen LogP contribution in [0.25, 0.3) is 0 Å². The average Bonchev–Trinajstić information content (AvgIpc) is 3.37. The molecule has 1 aromatic heterocycles. The smallest absolute Gasteiger partial charge is 0.254 e. The zero-order chi connectivity index (χ0) is 27.1. The highest BCUT2D eigenvalue weighted by atomic mass is 19.1. The molecule has 38 heavy (non-hydrogen) atoms. The summed E-state index contributed by atoms with van der Waals surface area (Å²) in [6.45, 7) is 4.97. The molecule has 0 aliphatic heterocycles. The van der Waals surface area contributed by atoms with Gasteiger partial charge >= 0.3 is 0 Å². The number of carbonyl (C=O) groups is 2. The van der Waals surface area contributed by atoms with Crippen LogP contribution in [0.1, 0.15) is 67.6 Å². The maximum atomic E-state index is 13.9. The lowest BCUT2D eigenvalue weighted by molar-refractivity contribution is -0.136. The van der Waals surface area contributed by atoms with Crippen LogP contribution in [-0.2, 0) is 17.9 Å². The van der Waals surface area contributed by atoms with Gasteiger partial charge in [-0.2, -0.15) is 0 Å². The predicted molar refractivity (Wildman–Crippen MR) is 147 cm³/mol. The summed E-state index contributed by atoms with van der Waals surface area (Å²) in [6, 6.07) is 17.5. The number of hydrogen-bond donors (Lipinski definition) is 0. The van der Waals surface area contributed by atoms with Crippen LogP contribution in [0, 0.1) is 5.82 Å². The van der Waals surface area contributed by atoms with E-state index in [4.69, 9.17) is 4.74 Å². The van der Waals surface area contributed by atoms with E-state index < -0.39 is 0 Å². The number of halogens is 1. The van der Waals surface area contributed by atoms with Crippen LogP contribution in [0.15, 0.2) is 66.9 Å². The van der Waals surface area contributed by atoms with Gasteiger partial charge in [0, 0.05) is 36.1 Å². The molecule has 0 unspecified atom stereocenters. The van der Waals surface area contributed by atoms with Gasteiger partial charge in [0.05, 0.1) is 13.7 Å². The van der Waals surface area contributed by atoms with Gasteiger partial charge in [-0.1, -0.05) is 31.4 Å². The second-order valence-electron chi connectivity index (χ2n) is 10.3. The van der Waals surface area contributed by atoms with Crippen molar-refractivity contribution in [1.29, 1.82) is 0 Å². The first-order valence-corrected chi connectivity index (χ1v) is 13.5. The number of methoxy groups -OCH3 is 1. The number of carbonyl (C=O) groups excluding carboxylic acids is 2. The van der Waals surface area contributed by atoms with E-state index in [9.17, 15) is 14.0 Å². The Hall–Kier alpha value is -3.61. The van der Waals surface area contributed by atoms with Crippen molar-refractivity contribution >= 4 is 11.8 Å². The highest BCUT2D eigenvalue weighted by Crippen LogP contribution is 2.25. The molecule has 1 heterocycles. The van der Waals surface area contributed by atoms with Gasteiger partial charge in [0.15, 0.2) is 0 Å². The highest BCUT2D eigenvalue weighted by Gasteiger charge is 2.30. The first kappa shape index (κ1) is 27.4. The number of amides is 2. The van der Waals surface area contributed by atoms with Crippen molar-refractivity contribution in [2.24, 2.45) is 0 Å². The number of ether oxygens (including phenoxy) is 1. The minimum atomic E-state index is -0.255. The van der Waals surface area contributed by atoms with E-state index in [1.165, 1.54) is 18.6 Å². The molecule has 202 valence electrons. The van der Waals surface area contributed by atoms with Crippen LogP contribution in [0.5, 0.6) is 5.75 Å². The van der Waals surface area contributed by atoms with Crippen molar-refractivity contribution in [2.75, 3.05) is 13.7 Å². The Labute approximate surface area is 225 Å². The molecule has 0 bridgehead atoms. The molecule has 0 N–H and O–H groups in total. The molecule has 4 rings (SSSR count). The fraction of sp³-hybridized carbons (Fsp3) is 0.419. The zero-order valence-electron chi connectivity index (χ0n) is 22.6. The molecule has 0 spiro atoms. The Bertz CT molecular complexity index is 1200. The third-order valence-corrected chi connectivity index (χ3v) is 7.38. The second kappa shape index (κ2) is 12.8. The first-order chi connectivity index (χ1) is 18.4. The summed E-state index contributed by atoms with van der Waals surface area (Å²) < 4.78 is 20.7. The van der Waals surface area contributed by atoms with Crippen LogP contribution in [0.3, 0.4) is 0 Å². The van der Waals surface area contributed by atoms with E-state index in [1.807, 2.05) is 37.1 Å². The van der Waals surface area contributed by atoms with E-state index in [2.05, 4.69) is 4.57 Å². The van der Waals surface area contributed by atoms with Gasteiger partial charge in [-0.3, -0.25) is 9.59 Å². The van der Waals surface area contributed by atoms with Crippen molar-refractivity contribution < 1.29 is 18.7 Å². The van der Waals surface area contributed by atoms with Crippen molar-refractivity contribution in [3.8, 4) is 5.75 Å². The van der Waals surface area contributed by atoms with Gasteiger partial charge in [0.25, 0.3) is 5.91 Å². The van der Waals surface area contributed by atoms with Crippen LogP contribution < -0.4 is 4.74 Å². The quantitative estimate of drug-likeness (QED) is 0.335. The minimum absolute atomic E-state index is 0.0255. The molecular formula is C31H38FN3O3. The number of aromatic nitrogens is 1. The summed E-state index contributed by atoms with van der Waals surface area (Å²) in [7, 11) is 1.59. The summed E-state index contributed by atoms with van der Waals surface area (Å²) in [6.07, 6.45) is 7.33. The predicted octanol–water partition coefficient (Wildman–Crippen LogP) is 5.90. The Morgan fingerprint density at radius 3 is 2.32 bits per heavy atom. The topological polar surface area (TPSA) is 54.8 Å². The van der Waals surface area contributed by atoms with Crippen molar-refractivity contribution in [2.45, 2.75) is 71.1 Å².